The van der Waals surface area contributed by atoms with Crippen LogP contribution in [0.15, 0.2) is 24.3 Å². The fourth-order valence-electron chi connectivity index (χ4n) is 2.70. The number of likely N-dealkylation sites (tertiary alicyclic amines) is 1. The zero-order chi connectivity index (χ0) is 14.5. The van der Waals surface area contributed by atoms with Crippen molar-refractivity contribution in [2.24, 2.45) is 5.92 Å². The van der Waals surface area contributed by atoms with E-state index in [0.717, 1.165) is 25.9 Å². The molecular weight excluding hydrogens is 257 g/mol. The lowest BCUT2D eigenvalue weighted by Gasteiger charge is -2.36. The minimum Gasteiger partial charge on any atom is -0.491 e. The van der Waals surface area contributed by atoms with E-state index in [1.54, 1.807) is 12.1 Å². The lowest BCUT2D eigenvalue weighted by atomic mass is 9.91. The van der Waals surface area contributed by atoms with Crippen LogP contribution in [0.2, 0.25) is 0 Å². The second-order valence-corrected chi connectivity index (χ2v) is 5.80. The Kier molecular flexibility index (Phi) is 5.38. The average Bonchev–Trinajstić information content (AvgIpc) is 2.45. The van der Waals surface area contributed by atoms with E-state index in [4.69, 9.17) is 4.74 Å². The van der Waals surface area contributed by atoms with Gasteiger partial charge in [-0.1, -0.05) is 6.07 Å². The number of hydrogen-bond acceptors (Lipinski definition) is 3. The van der Waals surface area contributed by atoms with Crippen LogP contribution in [0.4, 0.5) is 4.39 Å². The normalized spacial score (nSPS) is 19.2. The first-order valence-corrected chi connectivity index (χ1v) is 7.36. The van der Waals surface area contributed by atoms with Crippen molar-refractivity contribution in [1.29, 1.82) is 0 Å². The van der Waals surface area contributed by atoms with E-state index >= 15 is 0 Å². The summed E-state index contributed by atoms with van der Waals surface area (Å²) in [6, 6.07) is 6.60. The molecule has 1 aromatic rings. The van der Waals surface area contributed by atoms with Gasteiger partial charge in [-0.25, -0.2) is 4.39 Å². The highest BCUT2D eigenvalue weighted by molar-refractivity contribution is 5.22. The number of aliphatic hydroxyl groups is 1. The largest absolute Gasteiger partial charge is 0.491 e. The van der Waals surface area contributed by atoms with Gasteiger partial charge in [0, 0.05) is 12.1 Å². The third-order valence-corrected chi connectivity index (χ3v) is 4.07. The number of halogens is 1. The van der Waals surface area contributed by atoms with Gasteiger partial charge < -0.3 is 14.7 Å². The topological polar surface area (TPSA) is 32.7 Å². The van der Waals surface area contributed by atoms with Gasteiger partial charge in [0.1, 0.15) is 18.2 Å². The lowest BCUT2D eigenvalue weighted by Crippen LogP contribution is -2.42. The maximum absolute atomic E-state index is 13.0. The minimum atomic E-state index is -0.479. The fraction of sp³-hybridized carbons (Fsp3) is 0.625. The van der Waals surface area contributed by atoms with E-state index in [1.165, 1.54) is 12.1 Å². The molecule has 1 N–H and O–H groups in total. The SMILES string of the molecule is CC(C)N1CCC(C(O)COc2cccc(F)c2)CC1. The lowest BCUT2D eigenvalue weighted by molar-refractivity contribution is 0.0204. The van der Waals surface area contributed by atoms with Crippen LogP contribution >= 0.6 is 0 Å². The Labute approximate surface area is 120 Å². The van der Waals surface area contributed by atoms with Crippen molar-refractivity contribution in [2.75, 3.05) is 19.7 Å². The Bertz CT molecular complexity index is 417. The summed E-state index contributed by atoms with van der Waals surface area (Å²) in [7, 11) is 0. The highest BCUT2D eigenvalue weighted by Gasteiger charge is 2.26. The highest BCUT2D eigenvalue weighted by Crippen LogP contribution is 2.23. The molecule has 1 saturated heterocycles. The molecule has 1 aromatic carbocycles. The predicted octanol–water partition coefficient (Wildman–Crippen LogP) is 2.69. The number of hydrogen-bond donors (Lipinski definition) is 1. The van der Waals surface area contributed by atoms with Gasteiger partial charge in [0.25, 0.3) is 0 Å². The number of nitrogens with zero attached hydrogens (tertiary/aromatic N) is 1. The Balaban J connectivity index is 1.77. The van der Waals surface area contributed by atoms with Crippen LogP contribution in [0.1, 0.15) is 26.7 Å². The monoisotopic (exact) mass is 281 g/mol. The van der Waals surface area contributed by atoms with Crippen LogP contribution in [-0.2, 0) is 0 Å². The summed E-state index contributed by atoms with van der Waals surface area (Å²) in [5.74, 6) is 0.435. The second-order valence-electron chi connectivity index (χ2n) is 5.80. The molecule has 112 valence electrons. The second kappa shape index (κ2) is 7.04. The number of piperidine rings is 1. The molecule has 20 heavy (non-hydrogen) atoms. The van der Waals surface area contributed by atoms with E-state index in [1.807, 2.05) is 0 Å². The molecule has 2 rings (SSSR count). The molecule has 0 amide bonds. The highest BCUT2D eigenvalue weighted by atomic mass is 19.1. The summed E-state index contributed by atoms with van der Waals surface area (Å²) >= 11 is 0. The van der Waals surface area contributed by atoms with Crippen LogP contribution in [0.5, 0.6) is 5.75 Å². The quantitative estimate of drug-likeness (QED) is 0.900. The maximum Gasteiger partial charge on any atom is 0.126 e. The van der Waals surface area contributed by atoms with Crippen LogP contribution in [0, 0.1) is 11.7 Å². The molecule has 0 bridgehead atoms. The summed E-state index contributed by atoms with van der Waals surface area (Å²) in [5, 5.41) is 10.2. The number of benzene rings is 1. The first-order valence-electron chi connectivity index (χ1n) is 7.36. The first-order chi connectivity index (χ1) is 9.56. The molecule has 1 aliphatic rings. The molecule has 0 aliphatic carbocycles. The van der Waals surface area contributed by atoms with E-state index < -0.39 is 6.10 Å². The van der Waals surface area contributed by atoms with Crippen molar-refractivity contribution in [1.82, 2.24) is 4.90 Å². The third kappa shape index (κ3) is 4.18. The molecule has 0 radical (unpaired) electrons. The number of rotatable bonds is 5. The van der Waals surface area contributed by atoms with Gasteiger partial charge >= 0.3 is 0 Å². The van der Waals surface area contributed by atoms with Crippen molar-refractivity contribution in [2.45, 2.75) is 38.8 Å². The predicted molar refractivity (Wildman–Crippen MR) is 77.3 cm³/mol. The fourth-order valence-corrected chi connectivity index (χ4v) is 2.70. The van der Waals surface area contributed by atoms with Gasteiger partial charge in [-0.05, 0) is 57.8 Å². The minimum absolute atomic E-state index is 0.232. The molecular formula is C16H24FNO2. The van der Waals surface area contributed by atoms with Crippen molar-refractivity contribution in [3.05, 3.63) is 30.1 Å². The Morgan fingerprint density at radius 3 is 2.65 bits per heavy atom. The van der Waals surface area contributed by atoms with Crippen LogP contribution in [-0.4, -0.2) is 41.8 Å². The molecule has 1 fully saturated rings. The molecule has 0 saturated carbocycles. The Morgan fingerprint density at radius 1 is 1.35 bits per heavy atom. The van der Waals surface area contributed by atoms with Crippen molar-refractivity contribution in [3.8, 4) is 5.75 Å². The van der Waals surface area contributed by atoms with Crippen LogP contribution in [0.3, 0.4) is 0 Å². The zero-order valence-electron chi connectivity index (χ0n) is 12.3. The van der Waals surface area contributed by atoms with Gasteiger partial charge in [-0.2, -0.15) is 0 Å². The smallest absolute Gasteiger partial charge is 0.126 e. The number of ether oxygens (including phenoxy) is 1. The Morgan fingerprint density at radius 2 is 2.05 bits per heavy atom. The summed E-state index contributed by atoms with van der Waals surface area (Å²) in [5.41, 5.74) is 0. The number of aliphatic hydroxyl groups excluding tert-OH is 1. The molecule has 1 aliphatic heterocycles. The van der Waals surface area contributed by atoms with Gasteiger partial charge in [0.05, 0.1) is 6.10 Å². The summed E-state index contributed by atoms with van der Waals surface area (Å²) in [4.78, 5) is 2.43. The Hall–Kier alpha value is -1.13. The van der Waals surface area contributed by atoms with Crippen molar-refractivity contribution >= 4 is 0 Å². The molecule has 0 spiro atoms. The zero-order valence-corrected chi connectivity index (χ0v) is 12.3. The van der Waals surface area contributed by atoms with Gasteiger partial charge in [-0.3, -0.25) is 0 Å². The molecule has 1 heterocycles. The first kappa shape index (κ1) is 15.3. The van der Waals surface area contributed by atoms with E-state index in [9.17, 15) is 9.50 Å². The summed E-state index contributed by atoms with van der Waals surface area (Å²) < 4.78 is 18.5. The van der Waals surface area contributed by atoms with Crippen molar-refractivity contribution < 1.29 is 14.2 Å². The van der Waals surface area contributed by atoms with Gasteiger partial charge in [0.15, 0.2) is 0 Å². The van der Waals surface area contributed by atoms with Crippen LogP contribution in [0.25, 0.3) is 0 Å². The van der Waals surface area contributed by atoms with E-state index in [2.05, 4.69) is 18.7 Å². The summed E-state index contributed by atoms with van der Waals surface area (Å²) in [6.45, 7) is 6.68. The van der Waals surface area contributed by atoms with Gasteiger partial charge in [-0.15, -0.1) is 0 Å². The average molecular weight is 281 g/mol. The molecule has 1 unspecified atom stereocenters. The standard InChI is InChI=1S/C16H24FNO2/c1-12(2)18-8-6-13(7-9-18)16(19)11-20-15-5-3-4-14(17)10-15/h3-5,10,12-13,16,19H,6-9,11H2,1-2H3. The maximum atomic E-state index is 13.0. The molecule has 4 heteroatoms. The van der Waals surface area contributed by atoms with E-state index in [0.29, 0.717) is 11.8 Å². The molecule has 3 nitrogen and oxygen atoms in total. The molecule has 1 atom stereocenters. The molecule has 0 aromatic heterocycles. The summed E-state index contributed by atoms with van der Waals surface area (Å²) in [6.07, 6.45) is 1.50. The van der Waals surface area contributed by atoms with Crippen LogP contribution < -0.4 is 4.74 Å². The van der Waals surface area contributed by atoms with E-state index in [-0.39, 0.29) is 18.3 Å². The third-order valence-electron chi connectivity index (χ3n) is 4.07. The van der Waals surface area contributed by atoms with Crippen molar-refractivity contribution in [3.63, 3.8) is 0 Å². The van der Waals surface area contributed by atoms with Gasteiger partial charge in [0.2, 0.25) is 0 Å².